The van der Waals surface area contributed by atoms with E-state index in [4.69, 9.17) is 9.97 Å². The van der Waals surface area contributed by atoms with Crippen molar-refractivity contribution in [1.82, 2.24) is 29.8 Å². The molecule has 0 unspecified atom stereocenters. The van der Waals surface area contributed by atoms with Gasteiger partial charge in [0.05, 0.1) is 11.9 Å². The van der Waals surface area contributed by atoms with Gasteiger partial charge in [0.25, 0.3) is 0 Å². The molecule has 1 aliphatic heterocycles. The van der Waals surface area contributed by atoms with E-state index in [1.54, 1.807) is 13.1 Å². The number of hydrogen-bond donors (Lipinski definition) is 2. The number of aromatic nitrogens is 5. The summed E-state index contributed by atoms with van der Waals surface area (Å²) in [4.78, 5) is 38.2. The number of piperazine rings is 1. The van der Waals surface area contributed by atoms with Crippen molar-refractivity contribution in [2.45, 2.75) is 13.8 Å². The number of aromatic amines is 2. The van der Waals surface area contributed by atoms with Gasteiger partial charge in [0.15, 0.2) is 17.3 Å². The normalized spacial score (nSPS) is 14.8. The maximum absolute atomic E-state index is 12.7. The number of ketones is 1. The van der Waals surface area contributed by atoms with E-state index in [2.05, 4.69) is 62.1 Å². The van der Waals surface area contributed by atoms with Gasteiger partial charge >= 0.3 is 0 Å². The fourth-order valence-corrected chi connectivity index (χ4v) is 4.95. The van der Waals surface area contributed by atoms with E-state index < -0.39 is 0 Å². The summed E-state index contributed by atoms with van der Waals surface area (Å²) >= 11 is 0. The molecule has 8 nitrogen and oxygen atoms in total. The molecule has 0 saturated carbocycles. The van der Waals surface area contributed by atoms with E-state index in [1.165, 1.54) is 0 Å². The van der Waals surface area contributed by atoms with Crippen LogP contribution in [-0.4, -0.2) is 68.8 Å². The molecular formula is C27H27N7O. The minimum Gasteiger partial charge on any atom is -0.355 e. The number of benzene rings is 2. The summed E-state index contributed by atoms with van der Waals surface area (Å²) in [6, 6.07) is 14.5. The molecule has 0 spiro atoms. The number of nitrogens with zero attached hydrogens (tertiary/aromatic N) is 5. The van der Waals surface area contributed by atoms with Gasteiger partial charge in [-0.25, -0.2) is 9.97 Å². The van der Waals surface area contributed by atoms with Crippen molar-refractivity contribution in [3.63, 3.8) is 0 Å². The number of carbonyl (C=O) groups excluding carboxylic acids is 1. The minimum atomic E-state index is 0.0152. The third kappa shape index (κ3) is 3.76. The van der Waals surface area contributed by atoms with Gasteiger partial charge in [-0.2, -0.15) is 4.98 Å². The fourth-order valence-electron chi connectivity index (χ4n) is 4.95. The van der Waals surface area contributed by atoms with Crippen LogP contribution in [0, 0.1) is 6.92 Å². The Kier molecular flexibility index (Phi) is 5.11. The standard InChI is InChI=1S/C27H27N7O/c1-16-22(17(2)35)23(20-9-8-18-6-4-5-7-19(18)14-20)24(29-16)26-30-21-15-28-27(32-25(21)31-26)34-12-10-33(3)11-13-34/h4-9,14-15,29H,10-13H2,1-3H3,(H,28,30,31,32). The van der Waals surface area contributed by atoms with E-state index in [0.29, 0.717) is 23.0 Å². The Morgan fingerprint density at radius 2 is 1.74 bits per heavy atom. The van der Waals surface area contributed by atoms with Crippen LogP contribution in [0.5, 0.6) is 0 Å². The molecule has 2 aromatic carbocycles. The Bertz CT molecular complexity index is 1570. The van der Waals surface area contributed by atoms with Crippen molar-refractivity contribution in [1.29, 1.82) is 0 Å². The lowest BCUT2D eigenvalue weighted by molar-refractivity contribution is 0.101. The average Bonchev–Trinajstić information content (AvgIpc) is 3.44. The highest BCUT2D eigenvalue weighted by Gasteiger charge is 2.24. The lowest BCUT2D eigenvalue weighted by atomic mass is 9.95. The number of aryl methyl sites for hydroxylation is 1. The van der Waals surface area contributed by atoms with Crippen molar-refractivity contribution in [3.05, 3.63) is 59.9 Å². The molecule has 2 N–H and O–H groups in total. The molecule has 1 saturated heterocycles. The summed E-state index contributed by atoms with van der Waals surface area (Å²) in [5.41, 5.74) is 5.48. The molecule has 176 valence electrons. The van der Waals surface area contributed by atoms with Crippen molar-refractivity contribution in [3.8, 4) is 22.6 Å². The highest BCUT2D eigenvalue weighted by Crippen LogP contribution is 2.37. The smallest absolute Gasteiger partial charge is 0.227 e. The first-order chi connectivity index (χ1) is 17.0. The number of carbonyl (C=O) groups is 1. The SMILES string of the molecule is CC(=O)c1c(C)[nH]c(-c2nc3nc(N4CCN(C)CC4)ncc3[nH]2)c1-c1ccc2ccccc2c1. The average molecular weight is 466 g/mol. The number of fused-ring (bicyclic) bond motifs is 2. The first-order valence-electron chi connectivity index (χ1n) is 11.9. The second kappa shape index (κ2) is 8.32. The van der Waals surface area contributed by atoms with Gasteiger partial charge in [0, 0.05) is 43.0 Å². The third-order valence-electron chi connectivity index (χ3n) is 6.83. The summed E-state index contributed by atoms with van der Waals surface area (Å²) in [5.74, 6) is 1.36. The molecule has 0 bridgehead atoms. The first kappa shape index (κ1) is 21.5. The van der Waals surface area contributed by atoms with Crippen LogP contribution < -0.4 is 4.90 Å². The number of Topliss-reactive ketones (excluding diaryl/α,β-unsaturated/α-hetero) is 1. The minimum absolute atomic E-state index is 0.0152. The molecular weight excluding hydrogens is 438 g/mol. The van der Waals surface area contributed by atoms with Gasteiger partial charge in [-0.15, -0.1) is 0 Å². The fraction of sp³-hybridized carbons (Fsp3) is 0.259. The molecule has 0 aliphatic carbocycles. The van der Waals surface area contributed by atoms with Crippen LogP contribution in [0.2, 0.25) is 0 Å². The molecule has 3 aromatic heterocycles. The lowest BCUT2D eigenvalue weighted by Gasteiger charge is -2.32. The quantitative estimate of drug-likeness (QED) is 0.382. The Morgan fingerprint density at radius 3 is 2.51 bits per heavy atom. The number of H-pyrrole nitrogens is 2. The number of likely N-dealkylation sites (N-methyl/N-ethyl adjacent to an activating group) is 1. The van der Waals surface area contributed by atoms with Crippen LogP contribution >= 0.6 is 0 Å². The molecule has 8 heteroatoms. The summed E-state index contributed by atoms with van der Waals surface area (Å²) in [7, 11) is 2.13. The monoisotopic (exact) mass is 465 g/mol. The molecule has 0 amide bonds. The molecule has 6 rings (SSSR count). The van der Waals surface area contributed by atoms with Gasteiger partial charge in [0.2, 0.25) is 5.95 Å². The molecule has 0 radical (unpaired) electrons. The topological polar surface area (TPSA) is 93.8 Å². The van der Waals surface area contributed by atoms with Gasteiger partial charge < -0.3 is 19.8 Å². The summed E-state index contributed by atoms with van der Waals surface area (Å²) in [6.45, 7) is 7.29. The second-order valence-electron chi connectivity index (χ2n) is 9.28. The van der Waals surface area contributed by atoms with Crippen molar-refractivity contribution in [2.24, 2.45) is 0 Å². The molecule has 35 heavy (non-hydrogen) atoms. The second-order valence-corrected chi connectivity index (χ2v) is 9.28. The number of rotatable bonds is 4. The third-order valence-corrected chi connectivity index (χ3v) is 6.83. The highest BCUT2D eigenvalue weighted by atomic mass is 16.1. The predicted octanol–water partition coefficient (Wildman–Crippen LogP) is 4.43. The first-order valence-corrected chi connectivity index (χ1v) is 11.9. The van der Waals surface area contributed by atoms with Crippen LogP contribution in [-0.2, 0) is 0 Å². The maximum atomic E-state index is 12.7. The van der Waals surface area contributed by atoms with E-state index >= 15 is 0 Å². The van der Waals surface area contributed by atoms with E-state index in [-0.39, 0.29) is 5.78 Å². The highest BCUT2D eigenvalue weighted by molar-refractivity contribution is 6.06. The predicted molar refractivity (Wildman–Crippen MR) is 139 cm³/mol. The zero-order chi connectivity index (χ0) is 24.1. The van der Waals surface area contributed by atoms with Crippen molar-refractivity contribution in [2.75, 3.05) is 38.1 Å². The van der Waals surface area contributed by atoms with Crippen LogP contribution in [0.25, 0.3) is 44.6 Å². The summed E-state index contributed by atoms with van der Waals surface area (Å²) in [6.07, 6.45) is 1.80. The molecule has 0 atom stereocenters. The molecule has 1 fully saturated rings. The Morgan fingerprint density at radius 1 is 0.971 bits per heavy atom. The number of hydrogen-bond acceptors (Lipinski definition) is 6. The Balaban J connectivity index is 1.47. The van der Waals surface area contributed by atoms with Gasteiger partial charge in [-0.3, -0.25) is 4.79 Å². The molecule has 4 heterocycles. The summed E-state index contributed by atoms with van der Waals surface area (Å²) < 4.78 is 0. The zero-order valence-corrected chi connectivity index (χ0v) is 20.1. The lowest BCUT2D eigenvalue weighted by Crippen LogP contribution is -2.45. The van der Waals surface area contributed by atoms with E-state index in [1.807, 2.05) is 19.1 Å². The van der Waals surface area contributed by atoms with Gasteiger partial charge in [-0.05, 0) is 43.3 Å². The summed E-state index contributed by atoms with van der Waals surface area (Å²) in [5, 5.41) is 2.28. The van der Waals surface area contributed by atoms with Crippen LogP contribution in [0.1, 0.15) is 23.0 Å². The largest absolute Gasteiger partial charge is 0.355 e. The van der Waals surface area contributed by atoms with Crippen molar-refractivity contribution < 1.29 is 4.79 Å². The Hall–Kier alpha value is -4.04. The maximum Gasteiger partial charge on any atom is 0.227 e. The van der Waals surface area contributed by atoms with Crippen molar-refractivity contribution >= 4 is 33.7 Å². The van der Waals surface area contributed by atoms with Crippen LogP contribution in [0.3, 0.4) is 0 Å². The number of anilines is 1. The Labute approximate surface area is 203 Å². The number of imidazole rings is 1. The van der Waals surface area contributed by atoms with Crippen LogP contribution in [0.4, 0.5) is 5.95 Å². The van der Waals surface area contributed by atoms with Crippen LogP contribution in [0.15, 0.2) is 48.7 Å². The zero-order valence-electron chi connectivity index (χ0n) is 20.1. The molecule has 1 aliphatic rings. The molecule has 5 aromatic rings. The van der Waals surface area contributed by atoms with E-state index in [9.17, 15) is 4.79 Å². The van der Waals surface area contributed by atoms with E-state index in [0.717, 1.165) is 65.0 Å². The number of nitrogens with one attached hydrogen (secondary N) is 2. The van der Waals surface area contributed by atoms with Gasteiger partial charge in [-0.1, -0.05) is 36.4 Å². The van der Waals surface area contributed by atoms with Gasteiger partial charge in [0.1, 0.15) is 5.52 Å².